The maximum atomic E-state index is 6.56. The van der Waals surface area contributed by atoms with Crippen LogP contribution in [0.1, 0.15) is 22.9 Å². The van der Waals surface area contributed by atoms with Gasteiger partial charge in [0, 0.05) is 21.9 Å². The number of furan rings is 1. The van der Waals surface area contributed by atoms with E-state index in [0.29, 0.717) is 5.84 Å². The van der Waals surface area contributed by atoms with Crippen molar-refractivity contribution < 1.29 is 4.42 Å². The summed E-state index contributed by atoms with van der Waals surface area (Å²) in [5, 5.41) is 8.25. The quantitative estimate of drug-likeness (QED) is 0.190. The average Bonchev–Trinajstić information content (AvgIpc) is 3.63. The molecule has 2 heterocycles. The third-order valence-electron chi connectivity index (χ3n) is 10.2. The highest BCUT2D eigenvalue weighted by Crippen LogP contribution is 2.40. The summed E-state index contributed by atoms with van der Waals surface area (Å²) >= 11 is 0. The van der Waals surface area contributed by atoms with Crippen LogP contribution in [0.25, 0.3) is 66.1 Å². The molecule has 0 fully saturated rings. The highest BCUT2D eigenvalue weighted by Gasteiger charge is 2.25. The van der Waals surface area contributed by atoms with Crippen LogP contribution in [0.2, 0.25) is 0 Å². The normalized spacial score (nSPS) is 14.2. The molecule has 4 heteroatoms. The molecule has 53 heavy (non-hydrogen) atoms. The van der Waals surface area contributed by atoms with Crippen LogP contribution < -0.4 is 5.32 Å². The van der Waals surface area contributed by atoms with Crippen LogP contribution in [0.3, 0.4) is 0 Å². The lowest BCUT2D eigenvalue weighted by atomic mass is 9.94. The van der Waals surface area contributed by atoms with Gasteiger partial charge in [-0.1, -0.05) is 170 Å². The highest BCUT2D eigenvalue weighted by molar-refractivity contribution is 6.24. The molecule has 1 unspecified atom stereocenters. The van der Waals surface area contributed by atoms with Gasteiger partial charge in [-0.25, -0.2) is 9.98 Å². The van der Waals surface area contributed by atoms with Crippen LogP contribution in [0.5, 0.6) is 0 Å². The molecular formula is C49H33N3O. The lowest BCUT2D eigenvalue weighted by Gasteiger charge is -2.24. The summed E-state index contributed by atoms with van der Waals surface area (Å²) in [4.78, 5) is 10.4. The Morgan fingerprint density at radius 2 is 1.02 bits per heavy atom. The van der Waals surface area contributed by atoms with Crippen LogP contribution in [-0.4, -0.2) is 11.7 Å². The number of hydrogen-bond donors (Lipinski definition) is 1. The summed E-state index contributed by atoms with van der Waals surface area (Å²) in [6.07, 6.45) is -0.327. The summed E-state index contributed by atoms with van der Waals surface area (Å²) in [6, 6.07) is 65.7. The van der Waals surface area contributed by atoms with Crippen molar-refractivity contribution in [3.63, 3.8) is 0 Å². The van der Waals surface area contributed by atoms with Crippen LogP contribution in [0.15, 0.2) is 202 Å². The first-order valence-electron chi connectivity index (χ1n) is 17.9. The van der Waals surface area contributed by atoms with Gasteiger partial charge in [0.15, 0.2) is 5.84 Å². The molecule has 10 rings (SSSR count). The molecule has 250 valence electrons. The largest absolute Gasteiger partial charge is 0.456 e. The highest BCUT2D eigenvalue weighted by atomic mass is 16.3. The zero-order chi connectivity index (χ0) is 35.1. The number of aliphatic imine (C=N–C) groups is 2. The molecule has 0 amide bonds. The number of nitrogens with zero attached hydrogens (tertiary/aromatic N) is 2. The first-order chi connectivity index (χ1) is 26.3. The molecule has 1 N–H and O–H groups in total. The fourth-order valence-electron chi connectivity index (χ4n) is 7.60. The van der Waals surface area contributed by atoms with Crippen molar-refractivity contribution in [1.29, 1.82) is 0 Å². The molecule has 8 aromatic carbocycles. The van der Waals surface area contributed by atoms with Crippen LogP contribution in [-0.2, 0) is 0 Å². The van der Waals surface area contributed by atoms with Gasteiger partial charge < -0.3 is 9.73 Å². The van der Waals surface area contributed by atoms with E-state index in [1.807, 2.05) is 18.2 Å². The zero-order valence-electron chi connectivity index (χ0n) is 28.8. The number of hydrogen-bond acceptors (Lipinski definition) is 4. The lowest BCUT2D eigenvalue weighted by molar-refractivity contribution is 0.668. The first kappa shape index (κ1) is 30.8. The van der Waals surface area contributed by atoms with Crippen molar-refractivity contribution in [3.05, 3.63) is 205 Å². The van der Waals surface area contributed by atoms with Gasteiger partial charge in [0.2, 0.25) is 0 Å². The number of rotatable bonds is 6. The van der Waals surface area contributed by atoms with E-state index in [1.54, 1.807) is 0 Å². The topological polar surface area (TPSA) is 49.9 Å². The Kier molecular flexibility index (Phi) is 7.51. The van der Waals surface area contributed by atoms with Gasteiger partial charge in [0.1, 0.15) is 23.2 Å². The predicted octanol–water partition coefficient (Wildman–Crippen LogP) is 12.2. The van der Waals surface area contributed by atoms with E-state index in [-0.39, 0.29) is 6.17 Å². The van der Waals surface area contributed by atoms with E-state index in [2.05, 4.69) is 175 Å². The minimum atomic E-state index is -0.327. The number of benzene rings is 8. The standard InChI is InChI=1S/C49H33N3O/c1-3-13-32(14-4-1)37-19-9-20-38(31-37)41-23-11-25-43-45(41)46-42(24-12-26-44(46)53-43)49-51-47(35-16-5-2-6-17-35)50-48(52-49)36-29-27-34(28-30-36)40-22-10-18-33-15-7-8-21-39(33)40/h1-31,47H,(H,50,51,52). The molecule has 0 spiro atoms. The Morgan fingerprint density at radius 3 is 1.83 bits per heavy atom. The van der Waals surface area contributed by atoms with Gasteiger partial charge in [0.25, 0.3) is 0 Å². The minimum Gasteiger partial charge on any atom is -0.456 e. The fourth-order valence-corrected chi connectivity index (χ4v) is 7.60. The Labute approximate surface area is 307 Å². The maximum Gasteiger partial charge on any atom is 0.159 e. The first-order valence-corrected chi connectivity index (χ1v) is 17.9. The van der Waals surface area contributed by atoms with E-state index in [1.165, 1.54) is 27.5 Å². The molecule has 0 radical (unpaired) electrons. The van der Waals surface area contributed by atoms with Crippen molar-refractivity contribution in [1.82, 2.24) is 5.32 Å². The molecule has 1 atom stereocenters. The Morgan fingerprint density at radius 1 is 0.434 bits per heavy atom. The Bertz CT molecular complexity index is 2850. The lowest BCUT2D eigenvalue weighted by Crippen LogP contribution is -2.33. The molecule has 0 saturated carbocycles. The summed E-state index contributed by atoms with van der Waals surface area (Å²) < 4.78 is 6.56. The van der Waals surface area contributed by atoms with Crippen molar-refractivity contribution in [2.24, 2.45) is 9.98 Å². The third kappa shape index (κ3) is 5.58. The number of fused-ring (bicyclic) bond motifs is 4. The maximum absolute atomic E-state index is 6.56. The second-order valence-electron chi connectivity index (χ2n) is 13.4. The van der Waals surface area contributed by atoms with Gasteiger partial charge in [-0.15, -0.1) is 0 Å². The second-order valence-corrected chi connectivity index (χ2v) is 13.4. The third-order valence-corrected chi connectivity index (χ3v) is 10.2. The molecule has 0 bridgehead atoms. The summed E-state index contributed by atoms with van der Waals surface area (Å²) in [5.74, 6) is 1.43. The fraction of sp³-hybridized carbons (Fsp3) is 0.0204. The number of nitrogens with one attached hydrogen (secondary N) is 1. The summed E-state index contributed by atoms with van der Waals surface area (Å²) in [5.41, 5.74) is 11.6. The van der Waals surface area contributed by atoms with Gasteiger partial charge in [-0.3, -0.25) is 0 Å². The van der Waals surface area contributed by atoms with E-state index >= 15 is 0 Å². The van der Waals surface area contributed by atoms with Crippen LogP contribution >= 0.6 is 0 Å². The van der Waals surface area contributed by atoms with E-state index < -0.39 is 0 Å². The van der Waals surface area contributed by atoms with Crippen molar-refractivity contribution in [2.75, 3.05) is 0 Å². The van der Waals surface area contributed by atoms with E-state index in [4.69, 9.17) is 14.4 Å². The van der Waals surface area contributed by atoms with Gasteiger partial charge in [0.05, 0.1) is 0 Å². The molecule has 0 aliphatic carbocycles. The molecule has 9 aromatic rings. The molecule has 1 aliphatic rings. The smallest absolute Gasteiger partial charge is 0.159 e. The van der Waals surface area contributed by atoms with Crippen molar-refractivity contribution >= 4 is 44.4 Å². The van der Waals surface area contributed by atoms with E-state index in [9.17, 15) is 0 Å². The average molecular weight is 680 g/mol. The van der Waals surface area contributed by atoms with Crippen LogP contribution in [0, 0.1) is 0 Å². The zero-order valence-corrected chi connectivity index (χ0v) is 28.8. The van der Waals surface area contributed by atoms with E-state index in [0.717, 1.165) is 61.2 Å². The SMILES string of the molecule is c1ccc(-c2cccc(-c3cccc4oc5cccc(C6=NC(c7ccc(-c8cccc9ccccc89)cc7)=NC(c7ccccc7)N6)c5c34)c2)cc1. The predicted molar refractivity (Wildman–Crippen MR) is 219 cm³/mol. The van der Waals surface area contributed by atoms with Crippen molar-refractivity contribution in [2.45, 2.75) is 6.17 Å². The minimum absolute atomic E-state index is 0.327. The Balaban J connectivity index is 1.11. The molecule has 0 saturated heterocycles. The van der Waals surface area contributed by atoms with Gasteiger partial charge >= 0.3 is 0 Å². The summed E-state index contributed by atoms with van der Waals surface area (Å²) in [6.45, 7) is 0. The molecule has 1 aliphatic heterocycles. The van der Waals surface area contributed by atoms with Crippen LogP contribution in [0.4, 0.5) is 0 Å². The molecule has 1 aromatic heterocycles. The second kappa shape index (κ2) is 12.9. The Hall–Kier alpha value is -7.04. The number of amidine groups is 2. The van der Waals surface area contributed by atoms with Crippen molar-refractivity contribution in [3.8, 4) is 33.4 Å². The van der Waals surface area contributed by atoms with Gasteiger partial charge in [-0.05, 0) is 67.9 Å². The molecule has 4 nitrogen and oxygen atoms in total. The molecular weight excluding hydrogens is 647 g/mol. The van der Waals surface area contributed by atoms with Gasteiger partial charge in [-0.2, -0.15) is 0 Å². The summed E-state index contributed by atoms with van der Waals surface area (Å²) in [7, 11) is 0. The monoisotopic (exact) mass is 679 g/mol.